The van der Waals surface area contributed by atoms with Crippen molar-refractivity contribution in [2.75, 3.05) is 0 Å². The molecular weight excluding hydrogens is 252 g/mol. The van der Waals surface area contributed by atoms with Gasteiger partial charge in [0.2, 0.25) is 0 Å². The third-order valence-electron chi connectivity index (χ3n) is 3.64. The van der Waals surface area contributed by atoms with Gasteiger partial charge in [-0.15, -0.1) is 0 Å². The van der Waals surface area contributed by atoms with Crippen LogP contribution in [0.4, 0.5) is 0 Å². The highest BCUT2D eigenvalue weighted by atomic mass is 16.5. The Morgan fingerprint density at radius 3 is 2.50 bits per heavy atom. The molecule has 102 valence electrons. The summed E-state index contributed by atoms with van der Waals surface area (Å²) >= 11 is 0. The summed E-state index contributed by atoms with van der Waals surface area (Å²) in [5.74, 6) is 0.841. The van der Waals surface area contributed by atoms with Gasteiger partial charge < -0.3 is 9.84 Å². The van der Waals surface area contributed by atoms with Crippen LogP contribution in [0.1, 0.15) is 23.5 Å². The van der Waals surface area contributed by atoms with Crippen molar-refractivity contribution in [3.05, 3.63) is 59.7 Å². The second kappa shape index (κ2) is 5.00. The molecule has 3 rings (SSSR count). The molecule has 2 atom stereocenters. The molecule has 3 nitrogen and oxygen atoms in total. The molecule has 1 aliphatic rings. The minimum absolute atomic E-state index is 0.167. The summed E-state index contributed by atoms with van der Waals surface area (Å²) in [5, 5.41) is 8.94. The van der Waals surface area contributed by atoms with E-state index in [4.69, 9.17) is 9.84 Å². The quantitative estimate of drug-likeness (QED) is 0.912. The summed E-state index contributed by atoms with van der Waals surface area (Å²) < 4.78 is 5.77. The molecular formula is C17H16O3. The molecule has 0 spiro atoms. The first-order chi connectivity index (χ1) is 9.63. The molecule has 2 aromatic rings. The molecule has 1 N–H and O–H groups in total. The third-order valence-corrected chi connectivity index (χ3v) is 3.64. The van der Waals surface area contributed by atoms with E-state index in [1.807, 2.05) is 55.5 Å². The van der Waals surface area contributed by atoms with Gasteiger partial charge >= 0.3 is 5.97 Å². The van der Waals surface area contributed by atoms with E-state index in [0.29, 0.717) is 0 Å². The SMILES string of the molecule is Cc1cccc(Oc2ccc(C3CC3C(=O)O)cc2)c1. The Morgan fingerprint density at radius 2 is 1.90 bits per heavy atom. The average molecular weight is 268 g/mol. The second-order valence-electron chi connectivity index (χ2n) is 5.27. The summed E-state index contributed by atoms with van der Waals surface area (Å²) in [4.78, 5) is 10.9. The standard InChI is InChI=1S/C17H16O3/c1-11-3-2-4-14(9-11)20-13-7-5-12(6-8-13)15-10-16(15)17(18)19/h2-9,15-16H,10H2,1H3,(H,18,19). The van der Waals surface area contributed by atoms with Gasteiger partial charge in [0.05, 0.1) is 5.92 Å². The lowest BCUT2D eigenvalue weighted by Crippen LogP contribution is -1.98. The zero-order valence-corrected chi connectivity index (χ0v) is 11.2. The van der Waals surface area contributed by atoms with Gasteiger partial charge in [-0.1, -0.05) is 24.3 Å². The first kappa shape index (κ1) is 12.7. The molecule has 2 unspecified atom stereocenters. The fraction of sp³-hybridized carbons (Fsp3) is 0.235. The van der Waals surface area contributed by atoms with E-state index in [0.717, 1.165) is 29.0 Å². The van der Waals surface area contributed by atoms with Crippen LogP contribution in [0, 0.1) is 12.8 Å². The number of rotatable bonds is 4. The minimum Gasteiger partial charge on any atom is -0.481 e. The number of benzene rings is 2. The van der Waals surface area contributed by atoms with E-state index in [1.165, 1.54) is 0 Å². The largest absolute Gasteiger partial charge is 0.481 e. The fourth-order valence-electron chi connectivity index (χ4n) is 2.43. The zero-order valence-electron chi connectivity index (χ0n) is 11.2. The molecule has 0 bridgehead atoms. The normalized spacial score (nSPS) is 20.4. The van der Waals surface area contributed by atoms with Gasteiger partial charge in [0.15, 0.2) is 0 Å². The first-order valence-electron chi connectivity index (χ1n) is 6.71. The lowest BCUT2D eigenvalue weighted by atomic mass is 10.1. The van der Waals surface area contributed by atoms with Crippen LogP contribution < -0.4 is 4.74 Å². The Kier molecular flexibility index (Phi) is 3.18. The summed E-state index contributed by atoms with van der Waals surface area (Å²) in [5.41, 5.74) is 2.23. The van der Waals surface area contributed by atoms with Crippen molar-refractivity contribution in [3.8, 4) is 11.5 Å². The molecule has 1 fully saturated rings. The topological polar surface area (TPSA) is 46.5 Å². The van der Waals surface area contributed by atoms with Crippen molar-refractivity contribution in [1.82, 2.24) is 0 Å². The lowest BCUT2D eigenvalue weighted by molar-refractivity contribution is -0.138. The van der Waals surface area contributed by atoms with Gasteiger partial charge in [0, 0.05) is 0 Å². The van der Waals surface area contributed by atoms with E-state index >= 15 is 0 Å². The van der Waals surface area contributed by atoms with E-state index in [9.17, 15) is 4.79 Å². The lowest BCUT2D eigenvalue weighted by Gasteiger charge is -2.07. The smallest absolute Gasteiger partial charge is 0.307 e. The number of carboxylic acid groups (broad SMARTS) is 1. The van der Waals surface area contributed by atoms with Crippen LogP contribution >= 0.6 is 0 Å². The van der Waals surface area contributed by atoms with Crippen LogP contribution in [-0.2, 0) is 4.79 Å². The summed E-state index contributed by atoms with van der Waals surface area (Å²) in [6, 6.07) is 15.6. The van der Waals surface area contributed by atoms with Gasteiger partial charge in [0.1, 0.15) is 11.5 Å². The van der Waals surface area contributed by atoms with Crippen LogP contribution in [0.25, 0.3) is 0 Å². The maximum atomic E-state index is 10.9. The molecule has 0 saturated heterocycles. The summed E-state index contributed by atoms with van der Waals surface area (Å²) in [7, 11) is 0. The Morgan fingerprint density at radius 1 is 1.15 bits per heavy atom. The number of hydrogen-bond acceptors (Lipinski definition) is 2. The molecule has 0 aromatic heterocycles. The van der Waals surface area contributed by atoms with Crippen molar-refractivity contribution in [2.24, 2.45) is 5.92 Å². The van der Waals surface area contributed by atoms with Crippen molar-refractivity contribution < 1.29 is 14.6 Å². The number of hydrogen-bond donors (Lipinski definition) is 1. The Labute approximate surface area is 117 Å². The highest BCUT2D eigenvalue weighted by Gasteiger charge is 2.43. The fourth-order valence-corrected chi connectivity index (χ4v) is 2.43. The molecule has 1 saturated carbocycles. The van der Waals surface area contributed by atoms with Gasteiger partial charge in [-0.05, 0) is 54.7 Å². The van der Waals surface area contributed by atoms with E-state index in [2.05, 4.69) is 0 Å². The summed E-state index contributed by atoms with van der Waals surface area (Å²) in [6.45, 7) is 2.02. The number of ether oxygens (including phenoxy) is 1. The van der Waals surface area contributed by atoms with E-state index < -0.39 is 5.97 Å². The first-order valence-corrected chi connectivity index (χ1v) is 6.71. The third kappa shape index (κ3) is 2.67. The van der Waals surface area contributed by atoms with E-state index in [1.54, 1.807) is 0 Å². The molecule has 0 radical (unpaired) electrons. The minimum atomic E-state index is -0.699. The molecule has 2 aromatic carbocycles. The van der Waals surface area contributed by atoms with Gasteiger partial charge in [-0.2, -0.15) is 0 Å². The van der Waals surface area contributed by atoms with Crippen molar-refractivity contribution >= 4 is 5.97 Å². The molecule has 20 heavy (non-hydrogen) atoms. The monoisotopic (exact) mass is 268 g/mol. The predicted molar refractivity (Wildman–Crippen MR) is 76.2 cm³/mol. The number of carboxylic acids is 1. The second-order valence-corrected chi connectivity index (χ2v) is 5.27. The van der Waals surface area contributed by atoms with Gasteiger partial charge in [-0.25, -0.2) is 0 Å². The highest BCUT2D eigenvalue weighted by molar-refractivity contribution is 5.75. The Hall–Kier alpha value is -2.29. The van der Waals surface area contributed by atoms with Gasteiger partial charge in [0.25, 0.3) is 0 Å². The van der Waals surface area contributed by atoms with Crippen LogP contribution in [-0.4, -0.2) is 11.1 Å². The van der Waals surface area contributed by atoms with Crippen molar-refractivity contribution in [2.45, 2.75) is 19.3 Å². The highest BCUT2D eigenvalue weighted by Crippen LogP contribution is 2.47. The van der Waals surface area contributed by atoms with Crippen LogP contribution in [0.3, 0.4) is 0 Å². The van der Waals surface area contributed by atoms with Crippen LogP contribution in [0.15, 0.2) is 48.5 Å². The average Bonchev–Trinajstić information content (AvgIpc) is 3.20. The van der Waals surface area contributed by atoms with Crippen molar-refractivity contribution in [1.29, 1.82) is 0 Å². The molecule has 0 amide bonds. The van der Waals surface area contributed by atoms with Crippen LogP contribution in [0.2, 0.25) is 0 Å². The zero-order chi connectivity index (χ0) is 14.1. The Bertz CT molecular complexity index is 631. The van der Waals surface area contributed by atoms with E-state index in [-0.39, 0.29) is 11.8 Å². The molecule has 0 aliphatic heterocycles. The molecule has 1 aliphatic carbocycles. The number of aryl methyl sites for hydroxylation is 1. The Balaban J connectivity index is 1.69. The predicted octanol–water partition coefficient (Wildman–Crippen LogP) is 3.98. The maximum absolute atomic E-state index is 10.9. The van der Waals surface area contributed by atoms with Gasteiger partial charge in [-0.3, -0.25) is 4.79 Å². The molecule has 0 heterocycles. The summed E-state index contributed by atoms with van der Waals surface area (Å²) in [6.07, 6.45) is 0.743. The number of carbonyl (C=O) groups is 1. The maximum Gasteiger partial charge on any atom is 0.307 e. The van der Waals surface area contributed by atoms with Crippen molar-refractivity contribution in [3.63, 3.8) is 0 Å². The number of aliphatic carboxylic acids is 1. The molecule has 3 heteroatoms. The van der Waals surface area contributed by atoms with Crippen LogP contribution in [0.5, 0.6) is 11.5 Å².